The van der Waals surface area contributed by atoms with Gasteiger partial charge in [-0.3, -0.25) is 0 Å². The molecule has 1 unspecified atom stereocenters. The van der Waals surface area contributed by atoms with Gasteiger partial charge in [0.2, 0.25) is 0 Å². The van der Waals surface area contributed by atoms with E-state index in [2.05, 4.69) is 61.6 Å². The molecule has 0 aromatic heterocycles. The highest BCUT2D eigenvalue weighted by atomic mass is 14.9. The van der Waals surface area contributed by atoms with Crippen LogP contribution in [-0.2, 0) is 6.54 Å². The van der Waals surface area contributed by atoms with Crippen molar-refractivity contribution in [2.75, 3.05) is 0 Å². The average Bonchev–Trinajstić information content (AvgIpc) is 2.72. The van der Waals surface area contributed by atoms with E-state index in [4.69, 9.17) is 0 Å². The van der Waals surface area contributed by atoms with Gasteiger partial charge in [-0.25, -0.2) is 0 Å². The van der Waals surface area contributed by atoms with Crippen molar-refractivity contribution >= 4 is 0 Å². The van der Waals surface area contributed by atoms with Crippen molar-refractivity contribution in [3.8, 4) is 0 Å². The van der Waals surface area contributed by atoms with Crippen molar-refractivity contribution in [2.24, 2.45) is 0 Å². The van der Waals surface area contributed by atoms with Crippen LogP contribution in [0, 0.1) is 13.8 Å². The zero-order valence-corrected chi connectivity index (χ0v) is 10.3. The van der Waals surface area contributed by atoms with Gasteiger partial charge in [-0.2, -0.15) is 0 Å². The largest absolute Gasteiger partial charge is 0.302 e. The van der Waals surface area contributed by atoms with E-state index in [1.165, 1.54) is 27.8 Å². The molecule has 0 fully saturated rings. The molecule has 2 aromatic carbocycles. The summed E-state index contributed by atoms with van der Waals surface area (Å²) in [5, 5.41) is 3.61. The van der Waals surface area contributed by atoms with Crippen molar-refractivity contribution in [1.29, 1.82) is 0 Å². The molecule has 0 amide bonds. The molecular formula is C16H17N. The summed E-state index contributed by atoms with van der Waals surface area (Å²) in [6, 6.07) is 15.8. The Hall–Kier alpha value is -1.60. The predicted octanol–water partition coefficient (Wildman–Crippen LogP) is 3.50. The smallest absolute Gasteiger partial charge is 0.0585 e. The fraction of sp³-hybridized carbons (Fsp3) is 0.250. The van der Waals surface area contributed by atoms with E-state index >= 15 is 0 Å². The second kappa shape index (κ2) is 4.01. The average molecular weight is 223 g/mol. The first kappa shape index (κ1) is 10.5. The van der Waals surface area contributed by atoms with E-state index in [-0.39, 0.29) is 0 Å². The number of aryl methyl sites for hydroxylation is 2. The number of nitrogens with one attached hydrogen (secondary N) is 1. The maximum atomic E-state index is 3.61. The molecule has 0 spiro atoms. The Balaban J connectivity index is 2.10. The highest BCUT2D eigenvalue weighted by Crippen LogP contribution is 2.32. The minimum absolute atomic E-state index is 0.367. The van der Waals surface area contributed by atoms with Crippen LogP contribution in [0.1, 0.15) is 33.9 Å². The van der Waals surface area contributed by atoms with Gasteiger partial charge in [0.25, 0.3) is 0 Å². The van der Waals surface area contributed by atoms with Crippen LogP contribution in [0.5, 0.6) is 0 Å². The first-order chi connectivity index (χ1) is 8.25. The third kappa shape index (κ3) is 1.77. The molecule has 0 bridgehead atoms. The van der Waals surface area contributed by atoms with Gasteiger partial charge in [-0.1, -0.05) is 48.0 Å². The van der Waals surface area contributed by atoms with Gasteiger partial charge in [0.05, 0.1) is 6.04 Å². The maximum Gasteiger partial charge on any atom is 0.0585 e. The molecule has 0 saturated heterocycles. The van der Waals surface area contributed by atoms with Gasteiger partial charge >= 0.3 is 0 Å². The van der Waals surface area contributed by atoms with Crippen molar-refractivity contribution in [1.82, 2.24) is 5.32 Å². The fourth-order valence-corrected chi connectivity index (χ4v) is 2.65. The lowest BCUT2D eigenvalue weighted by Gasteiger charge is -2.15. The highest BCUT2D eigenvalue weighted by molar-refractivity contribution is 5.45. The summed E-state index contributed by atoms with van der Waals surface area (Å²) >= 11 is 0. The van der Waals surface area contributed by atoms with Crippen molar-refractivity contribution in [3.63, 3.8) is 0 Å². The zero-order chi connectivity index (χ0) is 11.8. The topological polar surface area (TPSA) is 12.0 Å². The molecule has 1 atom stereocenters. The lowest BCUT2D eigenvalue weighted by Crippen LogP contribution is -2.14. The Labute approximate surface area is 102 Å². The summed E-state index contributed by atoms with van der Waals surface area (Å²) in [5.74, 6) is 0. The van der Waals surface area contributed by atoms with Gasteiger partial charge < -0.3 is 5.32 Å². The first-order valence-electron chi connectivity index (χ1n) is 6.14. The molecule has 1 N–H and O–H groups in total. The molecule has 1 aliphatic heterocycles. The summed E-state index contributed by atoms with van der Waals surface area (Å²) in [5.41, 5.74) is 6.98. The van der Waals surface area contributed by atoms with E-state index in [9.17, 15) is 0 Å². The highest BCUT2D eigenvalue weighted by Gasteiger charge is 2.23. The molecule has 0 aliphatic carbocycles. The number of rotatable bonds is 1. The molecule has 86 valence electrons. The first-order valence-corrected chi connectivity index (χ1v) is 6.14. The monoisotopic (exact) mass is 223 g/mol. The molecule has 2 aromatic rings. The Bertz CT molecular complexity index is 557. The molecule has 1 heterocycles. The summed E-state index contributed by atoms with van der Waals surface area (Å²) in [6.07, 6.45) is 0. The Kier molecular flexibility index (Phi) is 2.49. The minimum Gasteiger partial charge on any atom is -0.302 e. The van der Waals surface area contributed by atoms with Crippen LogP contribution in [0.15, 0.2) is 42.5 Å². The number of hydrogen-bond donors (Lipinski definition) is 1. The summed E-state index contributed by atoms with van der Waals surface area (Å²) in [6.45, 7) is 5.33. The molecule has 17 heavy (non-hydrogen) atoms. The van der Waals surface area contributed by atoms with Gasteiger partial charge in [-0.15, -0.1) is 0 Å². The molecule has 1 aliphatic rings. The normalized spacial score (nSPS) is 18.1. The van der Waals surface area contributed by atoms with E-state index in [1.807, 2.05) is 0 Å². The Morgan fingerprint density at radius 1 is 1.00 bits per heavy atom. The van der Waals surface area contributed by atoms with Gasteiger partial charge in [0.1, 0.15) is 0 Å². The van der Waals surface area contributed by atoms with Crippen molar-refractivity contribution < 1.29 is 0 Å². The van der Waals surface area contributed by atoms with Gasteiger partial charge in [0, 0.05) is 6.54 Å². The number of fused-ring (bicyclic) bond motifs is 1. The molecule has 3 rings (SSSR count). The SMILES string of the molecule is Cc1ccc2c(c1)C(c1ccccc1C)NC2. The Morgan fingerprint density at radius 3 is 2.65 bits per heavy atom. The van der Waals surface area contributed by atoms with Crippen LogP contribution in [0.25, 0.3) is 0 Å². The molecule has 1 nitrogen and oxygen atoms in total. The van der Waals surface area contributed by atoms with Gasteiger partial charge in [-0.05, 0) is 36.1 Å². The third-order valence-electron chi connectivity index (χ3n) is 3.61. The standard InChI is InChI=1S/C16H17N/c1-11-7-8-13-10-17-16(15(13)9-11)14-6-4-3-5-12(14)2/h3-9,16-17H,10H2,1-2H3. The van der Waals surface area contributed by atoms with Crippen molar-refractivity contribution in [3.05, 3.63) is 70.3 Å². The summed E-state index contributed by atoms with van der Waals surface area (Å²) < 4.78 is 0. The van der Waals surface area contributed by atoms with E-state index in [0.717, 1.165) is 6.54 Å². The van der Waals surface area contributed by atoms with Crippen LogP contribution in [0.2, 0.25) is 0 Å². The fourth-order valence-electron chi connectivity index (χ4n) is 2.65. The lowest BCUT2D eigenvalue weighted by atomic mass is 9.94. The van der Waals surface area contributed by atoms with Crippen LogP contribution < -0.4 is 5.32 Å². The molecule has 1 heteroatoms. The maximum absolute atomic E-state index is 3.61. The molecular weight excluding hydrogens is 206 g/mol. The van der Waals surface area contributed by atoms with E-state index in [1.54, 1.807) is 0 Å². The quantitative estimate of drug-likeness (QED) is 0.780. The zero-order valence-electron chi connectivity index (χ0n) is 10.3. The minimum atomic E-state index is 0.367. The lowest BCUT2D eigenvalue weighted by molar-refractivity contribution is 0.664. The molecule has 0 saturated carbocycles. The van der Waals surface area contributed by atoms with E-state index in [0.29, 0.717) is 6.04 Å². The van der Waals surface area contributed by atoms with Crippen molar-refractivity contribution in [2.45, 2.75) is 26.4 Å². The van der Waals surface area contributed by atoms with Crippen LogP contribution in [-0.4, -0.2) is 0 Å². The second-order valence-corrected chi connectivity index (χ2v) is 4.87. The summed E-state index contributed by atoms with van der Waals surface area (Å²) in [7, 11) is 0. The van der Waals surface area contributed by atoms with Crippen LogP contribution in [0.3, 0.4) is 0 Å². The predicted molar refractivity (Wildman–Crippen MR) is 71.0 cm³/mol. The molecule has 0 radical (unpaired) electrons. The van der Waals surface area contributed by atoms with E-state index < -0.39 is 0 Å². The van der Waals surface area contributed by atoms with Crippen LogP contribution >= 0.6 is 0 Å². The third-order valence-corrected chi connectivity index (χ3v) is 3.61. The number of benzene rings is 2. The Morgan fingerprint density at radius 2 is 1.82 bits per heavy atom. The van der Waals surface area contributed by atoms with Crippen LogP contribution in [0.4, 0.5) is 0 Å². The number of hydrogen-bond acceptors (Lipinski definition) is 1. The summed E-state index contributed by atoms with van der Waals surface area (Å²) in [4.78, 5) is 0. The second-order valence-electron chi connectivity index (χ2n) is 4.87. The van der Waals surface area contributed by atoms with Gasteiger partial charge in [0.15, 0.2) is 0 Å².